The van der Waals surface area contributed by atoms with Crippen molar-refractivity contribution in [1.82, 2.24) is 4.90 Å². The summed E-state index contributed by atoms with van der Waals surface area (Å²) in [6.45, 7) is 6.78. The van der Waals surface area contributed by atoms with Gasteiger partial charge in [0.25, 0.3) is 0 Å². The van der Waals surface area contributed by atoms with Gasteiger partial charge in [0.15, 0.2) is 0 Å². The summed E-state index contributed by atoms with van der Waals surface area (Å²) < 4.78 is 5.33. The first-order chi connectivity index (χ1) is 5.75. The highest BCUT2D eigenvalue weighted by atomic mass is 16.5. The minimum Gasteiger partial charge on any atom is -0.355 e. The zero-order valence-electron chi connectivity index (χ0n) is 7.45. The molecule has 1 fully saturated rings. The Morgan fingerprint density at radius 2 is 2.58 bits per heavy atom. The molecule has 1 aliphatic rings. The second-order valence-corrected chi connectivity index (χ2v) is 2.91. The number of nitrogens with zero attached hydrogens (tertiary/aromatic N) is 1. The van der Waals surface area contributed by atoms with E-state index in [2.05, 4.69) is 6.58 Å². The fourth-order valence-corrected chi connectivity index (χ4v) is 1.35. The lowest BCUT2D eigenvalue weighted by Crippen LogP contribution is -2.35. The minimum absolute atomic E-state index is 0.0991. The Morgan fingerprint density at radius 1 is 1.83 bits per heavy atom. The Labute approximate surface area is 73.0 Å². The van der Waals surface area contributed by atoms with Gasteiger partial charge in [-0.2, -0.15) is 0 Å². The summed E-state index contributed by atoms with van der Waals surface area (Å²) in [6, 6.07) is 0. The van der Waals surface area contributed by atoms with Crippen LogP contribution in [0.5, 0.6) is 0 Å². The van der Waals surface area contributed by atoms with Crippen LogP contribution in [0.2, 0.25) is 0 Å². The van der Waals surface area contributed by atoms with E-state index in [4.69, 9.17) is 4.74 Å². The molecule has 0 radical (unpaired) electrons. The van der Waals surface area contributed by atoms with Gasteiger partial charge in [-0.3, -0.25) is 4.79 Å². The molecule has 1 rings (SSSR count). The van der Waals surface area contributed by atoms with Gasteiger partial charge in [0.1, 0.15) is 6.23 Å². The van der Waals surface area contributed by atoms with Crippen LogP contribution in [0.4, 0.5) is 0 Å². The normalized spacial score (nSPS) is 19.8. The van der Waals surface area contributed by atoms with Crippen LogP contribution in [0.1, 0.15) is 19.8 Å². The number of carbonyl (C=O) groups is 1. The molecule has 3 nitrogen and oxygen atoms in total. The highest BCUT2D eigenvalue weighted by molar-refractivity contribution is 5.78. The minimum atomic E-state index is -0.0991. The van der Waals surface area contributed by atoms with Crippen molar-refractivity contribution < 1.29 is 9.53 Å². The van der Waals surface area contributed by atoms with Crippen LogP contribution >= 0.6 is 0 Å². The summed E-state index contributed by atoms with van der Waals surface area (Å²) in [5.41, 5.74) is 0. The molecule has 3 heteroatoms. The van der Waals surface area contributed by atoms with Gasteiger partial charge in [0.2, 0.25) is 5.91 Å². The maximum atomic E-state index is 11.2. The topological polar surface area (TPSA) is 29.5 Å². The quantitative estimate of drug-likeness (QED) is 0.591. The number of hydrogen-bond acceptors (Lipinski definition) is 2. The molecule has 1 saturated heterocycles. The summed E-state index contributed by atoms with van der Waals surface area (Å²) in [6.07, 6.45) is 3.22. The first kappa shape index (κ1) is 9.26. The van der Waals surface area contributed by atoms with Crippen molar-refractivity contribution in [3.8, 4) is 0 Å². The van der Waals surface area contributed by atoms with E-state index in [0.29, 0.717) is 13.0 Å². The van der Waals surface area contributed by atoms with Gasteiger partial charge in [-0.05, 0) is 13.3 Å². The van der Waals surface area contributed by atoms with Gasteiger partial charge in [-0.1, -0.05) is 6.08 Å². The maximum absolute atomic E-state index is 11.2. The summed E-state index contributed by atoms with van der Waals surface area (Å²) in [4.78, 5) is 13.0. The molecule has 1 amide bonds. The summed E-state index contributed by atoms with van der Waals surface area (Å²) >= 11 is 0. The van der Waals surface area contributed by atoms with Gasteiger partial charge >= 0.3 is 0 Å². The predicted molar refractivity (Wildman–Crippen MR) is 46.6 cm³/mol. The Bertz CT molecular complexity index is 179. The molecule has 0 saturated carbocycles. The highest BCUT2D eigenvalue weighted by Crippen LogP contribution is 2.13. The molecule has 0 spiro atoms. The molecule has 1 heterocycles. The zero-order chi connectivity index (χ0) is 8.97. The van der Waals surface area contributed by atoms with Crippen LogP contribution in [0.25, 0.3) is 0 Å². The number of ether oxygens (including phenoxy) is 1. The van der Waals surface area contributed by atoms with Crippen LogP contribution in [0.3, 0.4) is 0 Å². The lowest BCUT2D eigenvalue weighted by atomic mass is 10.4. The van der Waals surface area contributed by atoms with E-state index in [0.717, 1.165) is 13.0 Å². The number of carbonyl (C=O) groups excluding carboxylic acids is 1. The molecule has 1 unspecified atom stereocenters. The zero-order valence-corrected chi connectivity index (χ0v) is 7.45. The van der Waals surface area contributed by atoms with Crippen LogP contribution in [0.15, 0.2) is 12.7 Å². The third-order valence-electron chi connectivity index (χ3n) is 2.00. The second kappa shape index (κ2) is 4.26. The van der Waals surface area contributed by atoms with E-state index in [9.17, 15) is 4.79 Å². The first-order valence-electron chi connectivity index (χ1n) is 4.27. The second-order valence-electron chi connectivity index (χ2n) is 2.91. The van der Waals surface area contributed by atoms with Crippen molar-refractivity contribution in [3.05, 3.63) is 12.7 Å². The lowest BCUT2D eigenvalue weighted by molar-refractivity contribution is -0.138. The summed E-state index contributed by atoms with van der Waals surface area (Å²) in [5, 5.41) is 0. The summed E-state index contributed by atoms with van der Waals surface area (Å²) in [5.74, 6) is 0.201. The largest absolute Gasteiger partial charge is 0.355 e. The molecule has 1 aliphatic heterocycles. The Balaban J connectivity index is 2.35. The van der Waals surface area contributed by atoms with E-state index in [1.165, 1.54) is 0 Å². The molecular formula is C9H15NO2. The molecule has 68 valence electrons. The van der Waals surface area contributed by atoms with Crippen molar-refractivity contribution in [2.24, 2.45) is 0 Å². The molecular weight excluding hydrogens is 154 g/mol. The van der Waals surface area contributed by atoms with E-state index in [1.807, 2.05) is 6.92 Å². The monoisotopic (exact) mass is 169 g/mol. The van der Waals surface area contributed by atoms with Crippen LogP contribution in [-0.2, 0) is 9.53 Å². The van der Waals surface area contributed by atoms with Gasteiger partial charge in [0, 0.05) is 13.0 Å². The highest BCUT2D eigenvalue weighted by Gasteiger charge is 2.24. The number of amides is 1. The Kier molecular flexibility index (Phi) is 3.29. The third-order valence-corrected chi connectivity index (χ3v) is 2.00. The molecule has 0 aromatic rings. The van der Waals surface area contributed by atoms with Crippen molar-refractivity contribution in [3.63, 3.8) is 0 Å². The Morgan fingerprint density at radius 3 is 3.08 bits per heavy atom. The molecule has 12 heavy (non-hydrogen) atoms. The van der Waals surface area contributed by atoms with Gasteiger partial charge in [-0.25, -0.2) is 0 Å². The average molecular weight is 169 g/mol. The van der Waals surface area contributed by atoms with Gasteiger partial charge in [-0.15, -0.1) is 6.58 Å². The number of likely N-dealkylation sites (tertiary alicyclic amines) is 1. The predicted octanol–water partition coefficient (Wildman–Crippen LogP) is 1.16. The average Bonchev–Trinajstić information content (AvgIpc) is 2.47. The SMILES string of the molecule is C=CCOC(C)N1CCCC1=O. The van der Waals surface area contributed by atoms with Crippen molar-refractivity contribution >= 4 is 5.91 Å². The van der Waals surface area contributed by atoms with Crippen LogP contribution in [0, 0.1) is 0 Å². The number of rotatable bonds is 4. The van der Waals surface area contributed by atoms with E-state index < -0.39 is 0 Å². The maximum Gasteiger partial charge on any atom is 0.224 e. The lowest BCUT2D eigenvalue weighted by Gasteiger charge is -2.23. The Hall–Kier alpha value is -0.830. The van der Waals surface area contributed by atoms with Gasteiger partial charge in [0.05, 0.1) is 6.61 Å². The summed E-state index contributed by atoms with van der Waals surface area (Å²) in [7, 11) is 0. The standard InChI is InChI=1S/C9H15NO2/c1-3-7-12-8(2)10-6-4-5-9(10)11/h3,8H,1,4-7H2,2H3. The third kappa shape index (κ3) is 2.08. The van der Waals surface area contributed by atoms with E-state index in [1.54, 1.807) is 11.0 Å². The molecule has 0 aliphatic carbocycles. The van der Waals surface area contributed by atoms with Crippen molar-refractivity contribution in [2.45, 2.75) is 26.0 Å². The molecule has 0 bridgehead atoms. The molecule has 0 aromatic heterocycles. The van der Waals surface area contributed by atoms with E-state index >= 15 is 0 Å². The van der Waals surface area contributed by atoms with Crippen LogP contribution in [-0.4, -0.2) is 30.2 Å². The molecule has 1 atom stereocenters. The van der Waals surface area contributed by atoms with Crippen LogP contribution < -0.4 is 0 Å². The number of hydrogen-bond donors (Lipinski definition) is 0. The van der Waals surface area contributed by atoms with Gasteiger partial charge < -0.3 is 9.64 Å². The first-order valence-corrected chi connectivity index (χ1v) is 4.27. The molecule has 0 aromatic carbocycles. The fraction of sp³-hybridized carbons (Fsp3) is 0.667. The fourth-order valence-electron chi connectivity index (χ4n) is 1.35. The molecule has 0 N–H and O–H groups in total. The van der Waals surface area contributed by atoms with Crippen molar-refractivity contribution in [2.75, 3.05) is 13.2 Å². The van der Waals surface area contributed by atoms with Crippen molar-refractivity contribution in [1.29, 1.82) is 0 Å². The smallest absolute Gasteiger partial charge is 0.224 e. The van der Waals surface area contributed by atoms with E-state index in [-0.39, 0.29) is 12.1 Å².